The number of hydrogen-bond donors (Lipinski definition) is 4. The lowest BCUT2D eigenvalue weighted by Crippen LogP contribution is -2.45. The fourth-order valence-electron chi connectivity index (χ4n) is 5.74. The van der Waals surface area contributed by atoms with Gasteiger partial charge in [-0.15, -0.1) is 0 Å². The Labute approximate surface area is 273 Å². The Hall–Kier alpha value is -1.17. The average Bonchev–Trinajstić information content (AvgIpc) is 3.01. The summed E-state index contributed by atoms with van der Waals surface area (Å²) in [7, 11) is 0. The van der Waals surface area contributed by atoms with Crippen LogP contribution in [0.4, 0.5) is 0 Å². The van der Waals surface area contributed by atoms with E-state index in [1.807, 2.05) is 6.08 Å². The van der Waals surface area contributed by atoms with Crippen molar-refractivity contribution in [3.63, 3.8) is 0 Å². The summed E-state index contributed by atoms with van der Waals surface area (Å²) in [5, 5.41) is 32.9. The van der Waals surface area contributed by atoms with Gasteiger partial charge in [-0.05, 0) is 44.9 Å². The second-order valence-electron chi connectivity index (χ2n) is 13.2. The molecule has 3 atom stereocenters. The average molecular weight is 622 g/mol. The topological polar surface area (TPSA) is 89.8 Å². The smallest absolute Gasteiger partial charge is 0.222 e. The predicted molar refractivity (Wildman–Crippen MR) is 190 cm³/mol. The van der Waals surface area contributed by atoms with Crippen LogP contribution < -0.4 is 5.32 Å². The molecule has 0 saturated heterocycles. The number of rotatable bonds is 34. The van der Waals surface area contributed by atoms with Crippen molar-refractivity contribution in [3.8, 4) is 0 Å². The van der Waals surface area contributed by atoms with Crippen LogP contribution in [0.1, 0.15) is 194 Å². The van der Waals surface area contributed by atoms with Crippen molar-refractivity contribution in [2.24, 2.45) is 0 Å². The molecule has 5 nitrogen and oxygen atoms in total. The highest BCUT2D eigenvalue weighted by Crippen LogP contribution is 2.14. The van der Waals surface area contributed by atoms with Gasteiger partial charge in [0, 0.05) is 0 Å². The Bertz CT molecular complexity index is 650. The van der Waals surface area contributed by atoms with E-state index < -0.39 is 18.2 Å². The Morgan fingerprint density at radius 1 is 0.568 bits per heavy atom. The molecule has 260 valence electrons. The van der Waals surface area contributed by atoms with Crippen LogP contribution in [0.2, 0.25) is 0 Å². The van der Waals surface area contributed by atoms with Gasteiger partial charge < -0.3 is 20.6 Å². The molecule has 0 aliphatic heterocycles. The molecule has 3 unspecified atom stereocenters. The van der Waals surface area contributed by atoms with Gasteiger partial charge in [0.25, 0.3) is 0 Å². The Kier molecular flexibility index (Phi) is 33.8. The van der Waals surface area contributed by atoms with Gasteiger partial charge in [-0.2, -0.15) is 0 Å². The van der Waals surface area contributed by atoms with Gasteiger partial charge in [-0.1, -0.05) is 167 Å². The third kappa shape index (κ3) is 30.8. The van der Waals surface area contributed by atoms with Crippen molar-refractivity contribution >= 4 is 5.91 Å². The minimum absolute atomic E-state index is 0.00881. The first-order valence-electron chi connectivity index (χ1n) is 19.1. The van der Waals surface area contributed by atoms with Gasteiger partial charge in [0.1, 0.15) is 0 Å². The van der Waals surface area contributed by atoms with Gasteiger partial charge in [-0.25, -0.2) is 0 Å². The molecular weight excluding hydrogens is 546 g/mol. The van der Waals surface area contributed by atoms with E-state index in [9.17, 15) is 20.1 Å². The van der Waals surface area contributed by atoms with E-state index in [1.165, 1.54) is 128 Å². The standard InChI is InChI=1S/C39H75NO4/c1-3-5-7-9-11-13-14-15-16-17-18-19-20-21-22-23-25-26-28-30-32-36(42)34-39(44)40-37(35-41)38(43)33-31-29-27-24-12-10-8-6-4-2/h20-21,31,33,36-38,41-43H,3-19,22-30,32,34-35H2,1-2H3,(H,40,44)/b21-20-,33-31+. The highest BCUT2D eigenvalue weighted by Gasteiger charge is 2.20. The zero-order valence-corrected chi connectivity index (χ0v) is 29.3. The molecule has 0 aromatic carbocycles. The van der Waals surface area contributed by atoms with Crippen LogP contribution in [-0.4, -0.2) is 46.1 Å². The fourth-order valence-corrected chi connectivity index (χ4v) is 5.74. The van der Waals surface area contributed by atoms with E-state index >= 15 is 0 Å². The first kappa shape index (κ1) is 42.8. The number of carbonyl (C=O) groups excluding carboxylic acids is 1. The normalized spacial score (nSPS) is 14.0. The van der Waals surface area contributed by atoms with Gasteiger partial charge in [0.15, 0.2) is 0 Å². The van der Waals surface area contributed by atoms with Crippen LogP contribution in [0.15, 0.2) is 24.3 Å². The number of aliphatic hydroxyl groups is 3. The van der Waals surface area contributed by atoms with Crippen LogP contribution in [0, 0.1) is 0 Å². The molecule has 1 amide bonds. The second-order valence-corrected chi connectivity index (χ2v) is 13.2. The summed E-state index contributed by atoms with van der Waals surface area (Å²) in [6.45, 7) is 4.17. The van der Waals surface area contributed by atoms with Crippen LogP contribution in [0.3, 0.4) is 0 Å². The summed E-state index contributed by atoms with van der Waals surface area (Å²) in [5.74, 6) is -0.323. The quantitative estimate of drug-likeness (QED) is 0.0425. The summed E-state index contributed by atoms with van der Waals surface area (Å²) < 4.78 is 0. The van der Waals surface area contributed by atoms with Gasteiger partial charge in [0.05, 0.1) is 31.3 Å². The fraction of sp³-hybridized carbons (Fsp3) is 0.872. The van der Waals surface area contributed by atoms with Gasteiger partial charge in [-0.3, -0.25) is 4.79 Å². The number of allylic oxidation sites excluding steroid dienone is 3. The number of aliphatic hydroxyl groups excluding tert-OH is 3. The molecule has 44 heavy (non-hydrogen) atoms. The minimum atomic E-state index is -0.926. The van der Waals surface area contributed by atoms with E-state index in [0.717, 1.165) is 38.5 Å². The molecule has 0 aromatic heterocycles. The summed E-state index contributed by atoms with van der Waals surface area (Å²) in [5.41, 5.74) is 0. The third-order valence-corrected chi connectivity index (χ3v) is 8.73. The zero-order valence-electron chi connectivity index (χ0n) is 29.3. The number of carbonyl (C=O) groups is 1. The first-order valence-corrected chi connectivity index (χ1v) is 19.1. The van der Waals surface area contributed by atoms with Crippen molar-refractivity contribution in [2.75, 3.05) is 6.61 Å². The van der Waals surface area contributed by atoms with Crippen LogP contribution in [0.5, 0.6) is 0 Å². The molecule has 0 spiro atoms. The van der Waals surface area contributed by atoms with Crippen LogP contribution in [0.25, 0.3) is 0 Å². The minimum Gasteiger partial charge on any atom is -0.394 e. The van der Waals surface area contributed by atoms with Crippen LogP contribution >= 0.6 is 0 Å². The number of unbranched alkanes of at least 4 members (excludes halogenated alkanes) is 23. The lowest BCUT2D eigenvalue weighted by molar-refractivity contribution is -0.124. The summed E-state index contributed by atoms with van der Waals surface area (Å²) in [6.07, 6.45) is 40.3. The van der Waals surface area contributed by atoms with E-state index in [2.05, 4.69) is 31.3 Å². The van der Waals surface area contributed by atoms with Gasteiger partial charge in [0.2, 0.25) is 5.91 Å². The highest BCUT2D eigenvalue weighted by molar-refractivity contribution is 5.76. The molecule has 0 aromatic rings. The maximum absolute atomic E-state index is 12.3. The summed E-state index contributed by atoms with van der Waals surface area (Å²) in [6, 6.07) is -0.742. The molecule has 0 radical (unpaired) electrons. The molecule has 5 heteroatoms. The Balaban J connectivity index is 3.66. The van der Waals surface area contributed by atoms with Gasteiger partial charge >= 0.3 is 0 Å². The predicted octanol–water partition coefficient (Wildman–Crippen LogP) is 10.3. The monoisotopic (exact) mass is 622 g/mol. The molecule has 0 fully saturated rings. The SMILES string of the molecule is CCCCCCCCC/C=C/C(O)C(CO)NC(=O)CC(O)CCCCCCC/C=C\CCCCCCCCCCCCC. The second kappa shape index (κ2) is 34.7. The van der Waals surface area contributed by atoms with Crippen molar-refractivity contribution in [1.82, 2.24) is 5.32 Å². The molecule has 0 saturated carbocycles. The van der Waals surface area contributed by atoms with E-state index in [4.69, 9.17) is 0 Å². The molecule has 0 bridgehead atoms. The van der Waals surface area contributed by atoms with Crippen LogP contribution in [-0.2, 0) is 4.79 Å². The first-order chi connectivity index (χ1) is 21.5. The summed E-state index contributed by atoms with van der Waals surface area (Å²) >= 11 is 0. The third-order valence-electron chi connectivity index (χ3n) is 8.73. The molecule has 0 rings (SSSR count). The van der Waals surface area contributed by atoms with Crippen molar-refractivity contribution in [1.29, 1.82) is 0 Å². The number of amides is 1. The van der Waals surface area contributed by atoms with Crippen molar-refractivity contribution in [3.05, 3.63) is 24.3 Å². The molecule has 0 aliphatic carbocycles. The molecule has 0 heterocycles. The van der Waals surface area contributed by atoms with Crippen molar-refractivity contribution < 1.29 is 20.1 Å². The Morgan fingerprint density at radius 2 is 0.955 bits per heavy atom. The van der Waals surface area contributed by atoms with E-state index in [-0.39, 0.29) is 18.9 Å². The molecule has 0 aliphatic rings. The Morgan fingerprint density at radius 3 is 1.39 bits per heavy atom. The summed E-state index contributed by atoms with van der Waals surface area (Å²) in [4.78, 5) is 12.3. The molecule has 4 N–H and O–H groups in total. The highest BCUT2D eigenvalue weighted by atomic mass is 16.3. The lowest BCUT2D eigenvalue weighted by Gasteiger charge is -2.21. The molecular formula is C39H75NO4. The number of hydrogen-bond acceptors (Lipinski definition) is 4. The largest absolute Gasteiger partial charge is 0.394 e. The van der Waals surface area contributed by atoms with E-state index in [0.29, 0.717) is 6.42 Å². The maximum Gasteiger partial charge on any atom is 0.222 e. The maximum atomic E-state index is 12.3. The lowest BCUT2D eigenvalue weighted by atomic mass is 10.0. The van der Waals surface area contributed by atoms with Crippen molar-refractivity contribution in [2.45, 2.75) is 212 Å². The zero-order chi connectivity index (χ0) is 32.4. The van der Waals surface area contributed by atoms with E-state index in [1.54, 1.807) is 6.08 Å². The number of nitrogens with one attached hydrogen (secondary N) is 1.